The molecule has 2 rings (SSSR count). The lowest BCUT2D eigenvalue weighted by Crippen LogP contribution is -2.17. The topological polar surface area (TPSA) is 117 Å². The van der Waals surface area contributed by atoms with E-state index < -0.39 is 11.7 Å². The molecule has 8 heteroatoms. The SMILES string of the molecule is N#Cc1cc(F)ccc1NC(=O)c1cncc(NN)n1. The van der Waals surface area contributed by atoms with Crippen LogP contribution < -0.4 is 16.6 Å². The van der Waals surface area contributed by atoms with Gasteiger partial charge in [-0.05, 0) is 18.2 Å². The van der Waals surface area contributed by atoms with E-state index in [1.165, 1.54) is 18.5 Å². The van der Waals surface area contributed by atoms with Crippen LogP contribution in [0.5, 0.6) is 0 Å². The normalized spacial score (nSPS) is 9.65. The van der Waals surface area contributed by atoms with Crippen LogP contribution in [-0.4, -0.2) is 15.9 Å². The van der Waals surface area contributed by atoms with E-state index in [0.717, 1.165) is 12.1 Å². The predicted molar refractivity (Wildman–Crippen MR) is 68.9 cm³/mol. The summed E-state index contributed by atoms with van der Waals surface area (Å²) in [4.78, 5) is 19.6. The lowest BCUT2D eigenvalue weighted by molar-refractivity contribution is 0.102. The Kier molecular flexibility index (Phi) is 3.83. The fourth-order valence-corrected chi connectivity index (χ4v) is 1.45. The molecular formula is C12H9FN6O. The van der Waals surface area contributed by atoms with Gasteiger partial charge in [-0.25, -0.2) is 15.2 Å². The first-order valence-electron chi connectivity index (χ1n) is 5.43. The summed E-state index contributed by atoms with van der Waals surface area (Å²) in [6.07, 6.45) is 2.58. The molecule has 0 saturated heterocycles. The summed E-state index contributed by atoms with van der Waals surface area (Å²) >= 11 is 0. The van der Waals surface area contributed by atoms with E-state index in [2.05, 4.69) is 20.7 Å². The molecule has 0 atom stereocenters. The lowest BCUT2D eigenvalue weighted by atomic mass is 10.2. The van der Waals surface area contributed by atoms with Crippen molar-refractivity contribution < 1.29 is 9.18 Å². The van der Waals surface area contributed by atoms with Crippen LogP contribution >= 0.6 is 0 Å². The molecule has 1 heterocycles. The zero-order chi connectivity index (χ0) is 14.5. The smallest absolute Gasteiger partial charge is 0.275 e. The van der Waals surface area contributed by atoms with Crippen molar-refractivity contribution >= 4 is 17.4 Å². The van der Waals surface area contributed by atoms with Crippen LogP contribution in [0.1, 0.15) is 16.1 Å². The molecule has 4 N–H and O–H groups in total. The molecule has 0 aliphatic carbocycles. The fourth-order valence-electron chi connectivity index (χ4n) is 1.45. The fraction of sp³-hybridized carbons (Fsp3) is 0. The van der Waals surface area contributed by atoms with E-state index in [-0.39, 0.29) is 22.8 Å². The second-order valence-electron chi connectivity index (χ2n) is 3.69. The molecule has 100 valence electrons. The van der Waals surface area contributed by atoms with Gasteiger partial charge in [0.05, 0.1) is 23.6 Å². The highest BCUT2D eigenvalue weighted by molar-refractivity contribution is 6.03. The van der Waals surface area contributed by atoms with Gasteiger partial charge in [-0.2, -0.15) is 5.26 Å². The van der Waals surface area contributed by atoms with Crippen LogP contribution in [-0.2, 0) is 0 Å². The van der Waals surface area contributed by atoms with Gasteiger partial charge in [-0.3, -0.25) is 9.78 Å². The molecule has 0 fully saturated rings. The Morgan fingerprint density at radius 3 is 2.90 bits per heavy atom. The maximum absolute atomic E-state index is 13.0. The Hall–Kier alpha value is -3.05. The number of rotatable bonds is 3. The average Bonchev–Trinajstić information content (AvgIpc) is 2.49. The van der Waals surface area contributed by atoms with Crippen molar-refractivity contribution in [3.63, 3.8) is 0 Å². The standard InChI is InChI=1S/C12H9FN6O/c13-8-1-2-9(7(3-8)4-14)18-12(20)10-5-16-6-11(17-10)19-15/h1-3,5-6H,15H2,(H,17,19)(H,18,20). The van der Waals surface area contributed by atoms with Gasteiger partial charge in [0, 0.05) is 0 Å². The Balaban J connectivity index is 2.26. The zero-order valence-electron chi connectivity index (χ0n) is 10.1. The molecule has 1 aromatic heterocycles. The predicted octanol–water partition coefficient (Wildman–Crippen LogP) is 1.03. The minimum absolute atomic E-state index is 0.00802. The van der Waals surface area contributed by atoms with Gasteiger partial charge in [0.2, 0.25) is 0 Å². The second kappa shape index (κ2) is 5.73. The van der Waals surface area contributed by atoms with E-state index in [1.807, 2.05) is 0 Å². The molecule has 0 saturated carbocycles. The number of nitrogens with zero attached hydrogens (tertiary/aromatic N) is 3. The van der Waals surface area contributed by atoms with E-state index >= 15 is 0 Å². The van der Waals surface area contributed by atoms with Gasteiger partial charge in [0.1, 0.15) is 17.6 Å². The number of hydrazine groups is 1. The third-order valence-electron chi connectivity index (χ3n) is 2.37. The molecule has 7 nitrogen and oxygen atoms in total. The van der Waals surface area contributed by atoms with Gasteiger partial charge in [-0.15, -0.1) is 0 Å². The van der Waals surface area contributed by atoms with Gasteiger partial charge >= 0.3 is 0 Å². The summed E-state index contributed by atoms with van der Waals surface area (Å²) in [6, 6.07) is 5.25. The average molecular weight is 272 g/mol. The summed E-state index contributed by atoms with van der Waals surface area (Å²) in [5, 5.41) is 11.3. The van der Waals surface area contributed by atoms with Crippen molar-refractivity contribution in [3.8, 4) is 6.07 Å². The summed E-state index contributed by atoms with van der Waals surface area (Å²) < 4.78 is 13.0. The third-order valence-corrected chi connectivity index (χ3v) is 2.37. The summed E-state index contributed by atoms with van der Waals surface area (Å²) in [5.74, 6) is 4.24. The van der Waals surface area contributed by atoms with Crippen molar-refractivity contribution in [2.45, 2.75) is 0 Å². The highest BCUT2D eigenvalue weighted by Gasteiger charge is 2.12. The van der Waals surface area contributed by atoms with Crippen molar-refractivity contribution in [1.82, 2.24) is 9.97 Å². The highest BCUT2D eigenvalue weighted by atomic mass is 19.1. The minimum Gasteiger partial charge on any atom is -0.319 e. The lowest BCUT2D eigenvalue weighted by Gasteiger charge is -2.07. The molecule has 2 aromatic rings. The number of aromatic nitrogens is 2. The Morgan fingerprint density at radius 1 is 1.40 bits per heavy atom. The first kappa shape index (κ1) is 13.4. The number of nitrogens with one attached hydrogen (secondary N) is 2. The second-order valence-corrected chi connectivity index (χ2v) is 3.69. The molecule has 0 aliphatic heterocycles. The van der Waals surface area contributed by atoms with E-state index in [4.69, 9.17) is 11.1 Å². The number of hydrogen-bond donors (Lipinski definition) is 3. The minimum atomic E-state index is -0.585. The largest absolute Gasteiger partial charge is 0.319 e. The van der Waals surface area contributed by atoms with Gasteiger partial charge in [-0.1, -0.05) is 0 Å². The quantitative estimate of drug-likeness (QED) is 0.567. The van der Waals surface area contributed by atoms with Crippen LogP contribution in [0, 0.1) is 17.1 Å². The number of carbonyl (C=O) groups excluding carboxylic acids is 1. The number of halogens is 1. The van der Waals surface area contributed by atoms with Crippen molar-refractivity contribution in [3.05, 3.63) is 47.7 Å². The summed E-state index contributed by atoms with van der Waals surface area (Å²) in [7, 11) is 0. The van der Waals surface area contributed by atoms with Crippen molar-refractivity contribution in [1.29, 1.82) is 5.26 Å². The first-order valence-corrected chi connectivity index (χ1v) is 5.43. The zero-order valence-corrected chi connectivity index (χ0v) is 10.1. The first-order chi connectivity index (χ1) is 9.63. The number of nitrogens with two attached hydrogens (primary N) is 1. The molecule has 0 radical (unpaired) electrons. The monoisotopic (exact) mass is 272 g/mol. The van der Waals surface area contributed by atoms with Crippen molar-refractivity contribution in [2.75, 3.05) is 10.7 Å². The molecule has 1 amide bonds. The molecule has 20 heavy (non-hydrogen) atoms. The van der Waals surface area contributed by atoms with Crippen LogP contribution in [0.3, 0.4) is 0 Å². The van der Waals surface area contributed by atoms with Gasteiger partial charge < -0.3 is 10.7 Å². The van der Waals surface area contributed by atoms with Gasteiger partial charge in [0.25, 0.3) is 5.91 Å². The molecular weight excluding hydrogens is 263 g/mol. The Labute approximate surface area is 113 Å². The Bertz CT molecular complexity index is 697. The maximum Gasteiger partial charge on any atom is 0.275 e. The number of amides is 1. The van der Waals surface area contributed by atoms with Crippen LogP contribution in [0.2, 0.25) is 0 Å². The van der Waals surface area contributed by atoms with E-state index in [1.54, 1.807) is 6.07 Å². The van der Waals surface area contributed by atoms with Crippen LogP contribution in [0.25, 0.3) is 0 Å². The summed E-state index contributed by atoms with van der Waals surface area (Å²) in [5.41, 5.74) is 2.47. The maximum atomic E-state index is 13.0. The number of hydrogen-bond acceptors (Lipinski definition) is 6. The summed E-state index contributed by atoms with van der Waals surface area (Å²) in [6.45, 7) is 0. The van der Waals surface area contributed by atoms with Gasteiger partial charge in [0.15, 0.2) is 5.82 Å². The number of nitrogen functional groups attached to an aromatic ring is 1. The molecule has 1 aromatic carbocycles. The van der Waals surface area contributed by atoms with Crippen LogP contribution in [0.15, 0.2) is 30.6 Å². The molecule has 0 spiro atoms. The van der Waals surface area contributed by atoms with Crippen LogP contribution in [0.4, 0.5) is 15.9 Å². The van der Waals surface area contributed by atoms with E-state index in [9.17, 15) is 9.18 Å². The van der Waals surface area contributed by atoms with E-state index in [0.29, 0.717) is 0 Å². The Morgan fingerprint density at radius 2 is 2.20 bits per heavy atom. The number of carbonyl (C=O) groups is 1. The van der Waals surface area contributed by atoms with Crippen molar-refractivity contribution in [2.24, 2.45) is 5.84 Å². The third kappa shape index (κ3) is 2.85. The highest BCUT2D eigenvalue weighted by Crippen LogP contribution is 2.16. The molecule has 0 aliphatic rings. The number of nitriles is 1. The molecule has 0 unspecified atom stereocenters. The molecule has 0 bridgehead atoms. The number of anilines is 2. The number of benzene rings is 1.